The van der Waals surface area contributed by atoms with Crippen LogP contribution in [0.1, 0.15) is 36.8 Å². The predicted molar refractivity (Wildman–Crippen MR) is 112 cm³/mol. The Hall–Kier alpha value is -2.10. The lowest BCUT2D eigenvalue weighted by Gasteiger charge is -2.37. The first kappa shape index (κ1) is 22.6. The number of nitrogens with zero attached hydrogens (tertiary/aromatic N) is 2. The number of aliphatic hydroxyl groups is 1. The van der Waals surface area contributed by atoms with E-state index in [-0.39, 0.29) is 29.9 Å². The quantitative estimate of drug-likeness (QED) is 0.702. The first-order valence-electron chi connectivity index (χ1n) is 9.84. The molecule has 1 fully saturated rings. The highest BCUT2D eigenvalue weighted by molar-refractivity contribution is 7.89. The highest BCUT2D eigenvalue weighted by Crippen LogP contribution is 2.29. The summed E-state index contributed by atoms with van der Waals surface area (Å²) >= 11 is 6.10. The largest absolute Gasteiger partial charge is 0.394 e. The molecule has 164 valence electrons. The molecule has 2 aliphatic rings. The van der Waals surface area contributed by atoms with Gasteiger partial charge in [-0.3, -0.25) is 13.9 Å². The number of carbonyl (C=O) groups is 2. The normalized spacial score (nSPS) is 22.2. The molecule has 0 aliphatic carbocycles. The molecule has 2 N–H and O–H groups in total. The molecule has 0 radical (unpaired) electrons. The number of nitrogens with one attached hydrogen (secondary N) is 1. The van der Waals surface area contributed by atoms with Gasteiger partial charge in [-0.1, -0.05) is 11.6 Å². The molecular weight excluding hydrogens is 430 g/mol. The molecule has 1 aromatic carbocycles. The second-order valence-corrected chi connectivity index (χ2v) is 9.88. The molecule has 2 atom stereocenters. The first-order chi connectivity index (χ1) is 14.2. The Labute approximate surface area is 181 Å². The van der Waals surface area contributed by atoms with E-state index in [9.17, 15) is 23.1 Å². The molecule has 30 heavy (non-hydrogen) atoms. The summed E-state index contributed by atoms with van der Waals surface area (Å²) in [4.78, 5) is 27.1. The molecule has 0 aromatic heterocycles. The van der Waals surface area contributed by atoms with Gasteiger partial charge < -0.3 is 15.3 Å². The van der Waals surface area contributed by atoms with Crippen LogP contribution in [0.15, 0.2) is 29.4 Å². The van der Waals surface area contributed by atoms with Crippen molar-refractivity contribution in [2.75, 3.05) is 13.2 Å². The molecule has 1 unspecified atom stereocenters. The van der Waals surface area contributed by atoms with Crippen molar-refractivity contribution in [3.8, 4) is 0 Å². The predicted octanol–water partition coefficient (Wildman–Crippen LogP) is 1.68. The van der Waals surface area contributed by atoms with Crippen LogP contribution in [-0.2, 0) is 19.6 Å². The lowest BCUT2D eigenvalue weighted by Crippen LogP contribution is -2.53. The van der Waals surface area contributed by atoms with Gasteiger partial charge in [-0.05, 0) is 56.4 Å². The third-order valence-electron chi connectivity index (χ3n) is 5.59. The molecular formula is C20H26ClN3O5S. The molecule has 2 amide bonds. The lowest BCUT2D eigenvalue weighted by atomic mass is 10.0. The van der Waals surface area contributed by atoms with Gasteiger partial charge in [0, 0.05) is 24.0 Å². The average Bonchev–Trinajstić information content (AvgIpc) is 2.71. The topological polar surface area (TPSA) is 107 Å². The van der Waals surface area contributed by atoms with E-state index in [1.54, 1.807) is 24.8 Å². The Bertz CT molecular complexity index is 979. The highest BCUT2D eigenvalue weighted by atomic mass is 35.5. The maximum atomic E-state index is 13.4. The van der Waals surface area contributed by atoms with Crippen molar-refractivity contribution in [1.29, 1.82) is 0 Å². The fraction of sp³-hybridized carbons (Fsp3) is 0.500. The van der Waals surface area contributed by atoms with E-state index >= 15 is 0 Å². The number of rotatable bonds is 5. The number of aryl methyl sites for hydroxylation is 2. The maximum absolute atomic E-state index is 13.4. The Morgan fingerprint density at radius 1 is 1.27 bits per heavy atom. The highest BCUT2D eigenvalue weighted by Gasteiger charge is 2.39. The van der Waals surface area contributed by atoms with Gasteiger partial charge in [-0.25, -0.2) is 8.42 Å². The van der Waals surface area contributed by atoms with Gasteiger partial charge in [0.25, 0.3) is 10.0 Å². The summed E-state index contributed by atoms with van der Waals surface area (Å²) in [5.41, 5.74) is 1.05. The third-order valence-corrected chi connectivity index (χ3v) is 7.93. The van der Waals surface area contributed by atoms with Crippen LogP contribution < -0.4 is 5.32 Å². The third kappa shape index (κ3) is 4.33. The van der Waals surface area contributed by atoms with Crippen molar-refractivity contribution >= 4 is 33.4 Å². The summed E-state index contributed by atoms with van der Waals surface area (Å²) in [6, 6.07) is 1.51. The number of hydrogen-bond donors (Lipinski definition) is 2. The zero-order valence-electron chi connectivity index (χ0n) is 17.0. The zero-order chi connectivity index (χ0) is 22.1. The number of aliphatic hydroxyl groups excluding tert-OH is 1. The van der Waals surface area contributed by atoms with E-state index < -0.39 is 22.0 Å². The van der Waals surface area contributed by atoms with E-state index in [2.05, 4.69) is 5.32 Å². The summed E-state index contributed by atoms with van der Waals surface area (Å²) in [6.45, 7) is 3.65. The molecule has 0 spiro atoms. The smallest absolute Gasteiger partial charge is 0.264 e. The number of benzene rings is 1. The van der Waals surface area contributed by atoms with Gasteiger partial charge in [0.15, 0.2) is 0 Å². The number of amides is 2. The van der Waals surface area contributed by atoms with Crippen molar-refractivity contribution in [2.45, 2.75) is 56.5 Å². The second kappa shape index (κ2) is 8.95. The minimum Gasteiger partial charge on any atom is -0.394 e. The van der Waals surface area contributed by atoms with E-state index in [1.165, 1.54) is 18.5 Å². The molecule has 1 saturated heterocycles. The zero-order valence-corrected chi connectivity index (χ0v) is 18.5. The van der Waals surface area contributed by atoms with Gasteiger partial charge in [0.1, 0.15) is 6.04 Å². The number of sulfonamides is 1. The number of likely N-dealkylation sites (tertiary alicyclic amines) is 1. The molecule has 0 bridgehead atoms. The van der Waals surface area contributed by atoms with Crippen LogP contribution in [0.4, 0.5) is 0 Å². The molecule has 8 nitrogen and oxygen atoms in total. The van der Waals surface area contributed by atoms with Crippen LogP contribution in [0.2, 0.25) is 5.02 Å². The average molecular weight is 456 g/mol. The van der Waals surface area contributed by atoms with Crippen LogP contribution in [0.5, 0.6) is 0 Å². The van der Waals surface area contributed by atoms with Crippen molar-refractivity contribution in [2.24, 2.45) is 0 Å². The van der Waals surface area contributed by atoms with Gasteiger partial charge in [0.05, 0.1) is 24.0 Å². The number of halogens is 1. The van der Waals surface area contributed by atoms with Crippen LogP contribution >= 0.6 is 11.6 Å². The van der Waals surface area contributed by atoms with Crippen molar-refractivity contribution in [3.63, 3.8) is 0 Å². The minimum absolute atomic E-state index is 0.0346. The summed E-state index contributed by atoms with van der Waals surface area (Å²) < 4.78 is 27.7. The van der Waals surface area contributed by atoms with E-state index in [0.29, 0.717) is 29.1 Å². The van der Waals surface area contributed by atoms with Crippen molar-refractivity contribution < 1.29 is 23.1 Å². The SMILES string of the molecule is Cc1cc(S(=O)(=O)N2C=CNC(=O)[C@H]2CC(=O)N2CCCCC2CO)c(C)cc1Cl. The standard InChI is InChI=1S/C20H26ClN3O5S/c1-13-10-18(14(2)9-16(13)21)30(28,29)24-8-6-22-20(27)17(24)11-19(26)23-7-4-3-5-15(23)12-25/h6,8-10,15,17,25H,3-5,7,11-12H2,1-2H3,(H,22,27)/t15?,17-/m1/s1. The Kier molecular flexibility index (Phi) is 6.74. The Morgan fingerprint density at radius 3 is 2.70 bits per heavy atom. The van der Waals surface area contributed by atoms with Crippen LogP contribution in [-0.4, -0.2) is 59.8 Å². The number of hydrogen-bond acceptors (Lipinski definition) is 5. The number of carbonyl (C=O) groups excluding carboxylic acids is 2. The fourth-order valence-electron chi connectivity index (χ4n) is 3.89. The van der Waals surface area contributed by atoms with Crippen molar-refractivity contribution in [3.05, 3.63) is 40.7 Å². The van der Waals surface area contributed by atoms with Gasteiger partial charge in [-0.15, -0.1) is 0 Å². The van der Waals surface area contributed by atoms with E-state index in [0.717, 1.165) is 17.1 Å². The van der Waals surface area contributed by atoms with Gasteiger partial charge in [-0.2, -0.15) is 0 Å². The van der Waals surface area contributed by atoms with Crippen LogP contribution in [0, 0.1) is 13.8 Å². The number of piperidine rings is 1. The Balaban J connectivity index is 1.92. The second-order valence-electron chi connectivity index (χ2n) is 7.67. The van der Waals surface area contributed by atoms with Crippen LogP contribution in [0.25, 0.3) is 0 Å². The Morgan fingerprint density at radius 2 is 2.00 bits per heavy atom. The van der Waals surface area contributed by atoms with Gasteiger partial charge in [0.2, 0.25) is 11.8 Å². The molecule has 0 saturated carbocycles. The monoisotopic (exact) mass is 455 g/mol. The molecule has 1 aromatic rings. The lowest BCUT2D eigenvalue weighted by molar-refractivity contribution is -0.139. The van der Waals surface area contributed by atoms with E-state index in [1.807, 2.05) is 0 Å². The van der Waals surface area contributed by atoms with Crippen molar-refractivity contribution in [1.82, 2.24) is 14.5 Å². The molecule has 2 aliphatic heterocycles. The molecule has 3 rings (SSSR count). The summed E-state index contributed by atoms with van der Waals surface area (Å²) in [7, 11) is -4.10. The minimum atomic E-state index is -4.10. The summed E-state index contributed by atoms with van der Waals surface area (Å²) in [5, 5.41) is 12.5. The van der Waals surface area contributed by atoms with E-state index in [4.69, 9.17) is 11.6 Å². The first-order valence-corrected chi connectivity index (χ1v) is 11.7. The maximum Gasteiger partial charge on any atom is 0.264 e. The fourth-order valence-corrected chi connectivity index (χ4v) is 5.85. The molecule has 2 heterocycles. The molecule has 10 heteroatoms. The van der Waals surface area contributed by atoms with Gasteiger partial charge >= 0.3 is 0 Å². The summed E-state index contributed by atoms with van der Waals surface area (Å²) in [5.74, 6) is -0.927. The van der Waals surface area contributed by atoms with Crippen LogP contribution in [0.3, 0.4) is 0 Å². The summed E-state index contributed by atoms with van der Waals surface area (Å²) in [6.07, 6.45) is 4.61.